The van der Waals surface area contributed by atoms with Crippen LogP contribution < -0.4 is 5.32 Å². The molecule has 0 bridgehead atoms. The summed E-state index contributed by atoms with van der Waals surface area (Å²) in [5, 5.41) is 4.03. The number of hydrogen-bond donors (Lipinski definition) is 1. The van der Waals surface area contributed by atoms with E-state index in [0.29, 0.717) is 17.1 Å². The molecule has 1 aliphatic heterocycles. The van der Waals surface area contributed by atoms with Gasteiger partial charge in [-0.2, -0.15) is 11.8 Å². The van der Waals surface area contributed by atoms with Crippen molar-refractivity contribution >= 4 is 17.7 Å². The van der Waals surface area contributed by atoms with Crippen LogP contribution in [0.1, 0.15) is 47.0 Å². The van der Waals surface area contributed by atoms with Crippen LogP contribution in [0.25, 0.3) is 0 Å². The zero-order valence-corrected chi connectivity index (χ0v) is 13.2. The maximum atomic E-state index is 12.4. The van der Waals surface area contributed by atoms with Crippen LogP contribution in [-0.4, -0.2) is 41.1 Å². The molecule has 3 nitrogen and oxygen atoms in total. The third-order valence-electron chi connectivity index (χ3n) is 3.48. The number of nitrogens with zero attached hydrogens (tertiary/aromatic N) is 1. The Balaban J connectivity index is 2.67. The fraction of sp³-hybridized carbons (Fsp3) is 0.929. The molecule has 1 fully saturated rings. The molecule has 4 heteroatoms. The molecule has 1 heterocycles. The predicted molar refractivity (Wildman–Crippen MR) is 79.8 cm³/mol. The van der Waals surface area contributed by atoms with Crippen molar-refractivity contribution in [1.29, 1.82) is 0 Å². The van der Waals surface area contributed by atoms with Gasteiger partial charge in [0.25, 0.3) is 0 Å². The van der Waals surface area contributed by atoms with E-state index in [-0.39, 0.29) is 12.2 Å². The third kappa shape index (κ3) is 4.16. The summed E-state index contributed by atoms with van der Waals surface area (Å²) in [7, 11) is 0. The molecule has 18 heavy (non-hydrogen) atoms. The first-order valence-electron chi connectivity index (χ1n) is 7.08. The summed E-state index contributed by atoms with van der Waals surface area (Å²) in [5.74, 6) is 0.870. The van der Waals surface area contributed by atoms with Crippen molar-refractivity contribution in [3.8, 4) is 0 Å². The topological polar surface area (TPSA) is 32.3 Å². The van der Waals surface area contributed by atoms with Crippen LogP contribution in [-0.2, 0) is 4.79 Å². The van der Waals surface area contributed by atoms with E-state index in [4.69, 9.17) is 0 Å². The van der Waals surface area contributed by atoms with Crippen molar-refractivity contribution in [2.45, 2.75) is 64.4 Å². The third-order valence-corrected chi connectivity index (χ3v) is 4.43. The Morgan fingerprint density at radius 2 is 2.06 bits per heavy atom. The number of thioether (sulfide) groups is 1. The predicted octanol–water partition coefficient (Wildman–Crippen LogP) is 2.71. The summed E-state index contributed by atoms with van der Waals surface area (Å²) in [6, 6.07) is 0.0376. The Hall–Kier alpha value is -0.220. The molecule has 0 spiro atoms. The largest absolute Gasteiger partial charge is 0.325 e. The van der Waals surface area contributed by atoms with Crippen molar-refractivity contribution in [3.05, 3.63) is 0 Å². The van der Waals surface area contributed by atoms with Gasteiger partial charge in [0, 0.05) is 11.8 Å². The molecule has 1 N–H and O–H groups in total. The molecule has 1 aliphatic rings. The van der Waals surface area contributed by atoms with Gasteiger partial charge in [0.2, 0.25) is 5.91 Å². The Morgan fingerprint density at radius 3 is 2.56 bits per heavy atom. The second-order valence-electron chi connectivity index (χ2n) is 5.69. The van der Waals surface area contributed by atoms with Crippen LogP contribution in [0.3, 0.4) is 0 Å². The van der Waals surface area contributed by atoms with Crippen LogP contribution in [0.4, 0.5) is 0 Å². The van der Waals surface area contributed by atoms with Crippen molar-refractivity contribution in [3.63, 3.8) is 0 Å². The molecular formula is C14H28N2OS. The van der Waals surface area contributed by atoms with Gasteiger partial charge in [0.15, 0.2) is 0 Å². The first-order valence-corrected chi connectivity index (χ1v) is 8.37. The smallest absolute Gasteiger partial charge is 0.241 e. The number of carbonyl (C=O) groups excluding carboxylic acids is 1. The minimum atomic E-state index is 0.0376. The van der Waals surface area contributed by atoms with Crippen LogP contribution >= 0.6 is 11.8 Å². The average Bonchev–Trinajstić information content (AvgIpc) is 2.57. The molecule has 106 valence electrons. The molecule has 1 rings (SSSR count). The van der Waals surface area contributed by atoms with Gasteiger partial charge in [-0.05, 0) is 25.0 Å². The number of hydrogen-bond acceptors (Lipinski definition) is 3. The second-order valence-corrected chi connectivity index (χ2v) is 6.97. The van der Waals surface area contributed by atoms with Gasteiger partial charge in [0.1, 0.15) is 0 Å². The molecule has 0 aromatic heterocycles. The van der Waals surface area contributed by atoms with E-state index in [1.165, 1.54) is 0 Å². The Bertz CT molecular complexity index is 271. The van der Waals surface area contributed by atoms with E-state index in [0.717, 1.165) is 25.8 Å². The summed E-state index contributed by atoms with van der Waals surface area (Å²) in [6.07, 6.45) is 5.48. The molecule has 0 radical (unpaired) electrons. The van der Waals surface area contributed by atoms with E-state index >= 15 is 0 Å². The van der Waals surface area contributed by atoms with Crippen LogP contribution in [0, 0.1) is 5.92 Å². The summed E-state index contributed by atoms with van der Waals surface area (Å²) in [4.78, 5) is 14.5. The fourth-order valence-corrected chi connectivity index (χ4v) is 2.78. The number of nitrogens with one attached hydrogen (secondary N) is 1. The number of carbonyl (C=O) groups is 1. The zero-order valence-electron chi connectivity index (χ0n) is 12.4. The van der Waals surface area contributed by atoms with E-state index in [1.54, 1.807) is 0 Å². The monoisotopic (exact) mass is 272 g/mol. The summed E-state index contributed by atoms with van der Waals surface area (Å²) < 4.78 is 0. The first kappa shape index (κ1) is 15.8. The first-order chi connectivity index (χ1) is 8.49. The lowest BCUT2D eigenvalue weighted by atomic mass is 10.0. The lowest BCUT2D eigenvalue weighted by Gasteiger charge is -2.26. The molecule has 1 amide bonds. The van der Waals surface area contributed by atoms with Gasteiger partial charge in [-0.25, -0.2) is 0 Å². The summed E-state index contributed by atoms with van der Waals surface area (Å²) in [5.41, 5.74) is 0. The highest BCUT2D eigenvalue weighted by atomic mass is 32.2. The molecule has 0 aromatic carbocycles. The minimum absolute atomic E-state index is 0.0376. The van der Waals surface area contributed by atoms with Crippen LogP contribution in [0.5, 0.6) is 0 Å². The van der Waals surface area contributed by atoms with E-state index < -0.39 is 0 Å². The molecule has 3 atom stereocenters. The van der Waals surface area contributed by atoms with Crippen molar-refractivity contribution in [1.82, 2.24) is 10.2 Å². The zero-order chi connectivity index (χ0) is 13.7. The Kier molecular flexibility index (Phi) is 6.50. The van der Waals surface area contributed by atoms with Gasteiger partial charge in [0.05, 0.1) is 12.2 Å². The van der Waals surface area contributed by atoms with Crippen LogP contribution in [0.2, 0.25) is 0 Å². The molecular weight excluding hydrogens is 244 g/mol. The van der Waals surface area contributed by atoms with Crippen LogP contribution in [0.15, 0.2) is 0 Å². The second kappa shape index (κ2) is 7.39. The van der Waals surface area contributed by atoms with Gasteiger partial charge in [-0.3, -0.25) is 10.1 Å². The summed E-state index contributed by atoms with van der Waals surface area (Å²) >= 11 is 1.83. The standard InChI is InChI=1S/C14H28N2OS/c1-6-7-13-15-12(8-10(2)3)14(17)16(13)9-11(4)18-5/h10-13,15H,6-9H2,1-5H3. The highest BCUT2D eigenvalue weighted by Crippen LogP contribution is 2.21. The number of amides is 1. The maximum absolute atomic E-state index is 12.4. The number of rotatable bonds is 7. The molecule has 0 aromatic rings. The van der Waals surface area contributed by atoms with Gasteiger partial charge < -0.3 is 4.90 Å². The molecule has 3 unspecified atom stereocenters. The Morgan fingerprint density at radius 1 is 1.39 bits per heavy atom. The highest BCUT2D eigenvalue weighted by Gasteiger charge is 2.38. The minimum Gasteiger partial charge on any atom is -0.325 e. The molecule has 0 saturated carbocycles. The SMILES string of the molecule is CCCC1NC(CC(C)C)C(=O)N1CC(C)SC. The van der Waals surface area contributed by atoms with E-state index in [2.05, 4.69) is 44.2 Å². The fourth-order valence-electron chi connectivity index (χ4n) is 2.47. The quantitative estimate of drug-likeness (QED) is 0.773. The molecule has 0 aliphatic carbocycles. The molecule has 1 saturated heterocycles. The van der Waals surface area contributed by atoms with E-state index in [9.17, 15) is 4.79 Å². The van der Waals surface area contributed by atoms with Gasteiger partial charge in [-0.1, -0.05) is 34.1 Å². The van der Waals surface area contributed by atoms with Gasteiger partial charge >= 0.3 is 0 Å². The van der Waals surface area contributed by atoms with Crippen molar-refractivity contribution < 1.29 is 4.79 Å². The Labute approximate surface area is 116 Å². The average molecular weight is 272 g/mol. The highest BCUT2D eigenvalue weighted by molar-refractivity contribution is 7.99. The van der Waals surface area contributed by atoms with Gasteiger partial charge in [-0.15, -0.1) is 0 Å². The normalized spacial score (nSPS) is 26.1. The van der Waals surface area contributed by atoms with Crippen molar-refractivity contribution in [2.24, 2.45) is 5.92 Å². The lowest BCUT2D eigenvalue weighted by Crippen LogP contribution is -2.40. The van der Waals surface area contributed by atoms with E-state index in [1.807, 2.05) is 11.8 Å². The lowest BCUT2D eigenvalue weighted by molar-refractivity contribution is -0.130. The summed E-state index contributed by atoms with van der Waals surface area (Å²) in [6.45, 7) is 9.59. The maximum Gasteiger partial charge on any atom is 0.241 e. The van der Waals surface area contributed by atoms with Crippen molar-refractivity contribution in [2.75, 3.05) is 12.8 Å².